The molecular weight excluding hydrogens is 294 g/mol. The number of fused-ring (bicyclic) bond motifs is 3. The lowest BCUT2D eigenvalue weighted by molar-refractivity contribution is -0.685. The Kier molecular flexibility index (Phi) is 3.77. The summed E-state index contributed by atoms with van der Waals surface area (Å²) in [5.41, 5.74) is 7.00. The summed E-state index contributed by atoms with van der Waals surface area (Å²) in [6.45, 7) is 5.38. The molecule has 0 spiro atoms. The number of imidazole rings is 1. The van der Waals surface area contributed by atoms with E-state index in [4.69, 9.17) is 4.98 Å². The molecule has 3 heterocycles. The molecule has 0 aliphatic carbocycles. The second-order valence-electron chi connectivity index (χ2n) is 6.38. The minimum absolute atomic E-state index is 0.996. The zero-order valence-electron chi connectivity index (χ0n) is 14.2. The molecule has 3 nitrogen and oxygen atoms in total. The van der Waals surface area contributed by atoms with Crippen molar-refractivity contribution in [1.29, 1.82) is 0 Å². The third-order valence-corrected chi connectivity index (χ3v) is 4.56. The number of benzene rings is 1. The van der Waals surface area contributed by atoms with E-state index in [9.17, 15) is 0 Å². The Morgan fingerprint density at radius 1 is 1.08 bits per heavy atom. The predicted octanol–water partition coefficient (Wildman–Crippen LogP) is 4.55. The molecule has 0 bridgehead atoms. The van der Waals surface area contributed by atoms with E-state index in [1.165, 1.54) is 29.7 Å². The Balaban J connectivity index is 1.96. The zero-order valence-corrected chi connectivity index (χ0v) is 14.2. The molecule has 4 rings (SSSR count). The number of hydrogen-bond donors (Lipinski definition) is 0. The lowest BCUT2D eigenvalue weighted by Crippen LogP contribution is -2.36. The van der Waals surface area contributed by atoms with Gasteiger partial charge in [-0.3, -0.25) is 4.40 Å². The summed E-state index contributed by atoms with van der Waals surface area (Å²) in [5.74, 6) is 0. The fourth-order valence-electron chi connectivity index (χ4n) is 3.19. The molecule has 3 aromatic heterocycles. The molecule has 0 amide bonds. The number of aromatic nitrogens is 3. The summed E-state index contributed by atoms with van der Waals surface area (Å²) >= 11 is 0. The van der Waals surface area contributed by atoms with Gasteiger partial charge in [0.2, 0.25) is 5.69 Å². The van der Waals surface area contributed by atoms with Gasteiger partial charge < -0.3 is 0 Å². The summed E-state index contributed by atoms with van der Waals surface area (Å²) < 4.78 is 4.51. The fourth-order valence-corrected chi connectivity index (χ4v) is 3.19. The molecule has 0 saturated heterocycles. The first kappa shape index (κ1) is 14.9. The maximum Gasteiger partial charge on any atom is 0.214 e. The molecule has 0 N–H and O–H groups in total. The first-order valence-electron chi connectivity index (χ1n) is 8.63. The Bertz CT molecular complexity index is 997. The highest BCUT2D eigenvalue weighted by atomic mass is 15.0. The lowest BCUT2D eigenvalue weighted by Gasteiger charge is -2.05. The molecule has 0 atom stereocenters. The van der Waals surface area contributed by atoms with Crippen molar-refractivity contribution < 1.29 is 4.57 Å². The van der Waals surface area contributed by atoms with Gasteiger partial charge in [-0.2, -0.15) is 4.57 Å². The Hall–Kier alpha value is -2.68. The van der Waals surface area contributed by atoms with Gasteiger partial charge in [0.15, 0.2) is 11.7 Å². The number of nitrogens with zero attached hydrogens (tertiary/aromatic N) is 3. The van der Waals surface area contributed by atoms with Crippen LogP contribution in [-0.4, -0.2) is 9.38 Å². The average molecular weight is 316 g/mol. The number of unbranched alkanes of at least 4 members (excludes halogenated alkanes) is 1. The second-order valence-corrected chi connectivity index (χ2v) is 6.38. The molecule has 0 saturated carbocycles. The minimum Gasteiger partial charge on any atom is -0.299 e. The van der Waals surface area contributed by atoms with Crippen LogP contribution >= 0.6 is 0 Å². The molecule has 0 aliphatic heterocycles. The highest BCUT2D eigenvalue weighted by Gasteiger charge is 2.17. The van der Waals surface area contributed by atoms with E-state index in [1.54, 1.807) is 0 Å². The van der Waals surface area contributed by atoms with Crippen molar-refractivity contribution in [3.8, 4) is 11.3 Å². The molecule has 120 valence electrons. The van der Waals surface area contributed by atoms with Crippen LogP contribution in [0.2, 0.25) is 0 Å². The van der Waals surface area contributed by atoms with Crippen LogP contribution in [-0.2, 0) is 6.54 Å². The molecule has 0 fully saturated rings. The van der Waals surface area contributed by atoms with Crippen LogP contribution in [0.4, 0.5) is 0 Å². The van der Waals surface area contributed by atoms with Crippen LogP contribution < -0.4 is 4.57 Å². The largest absolute Gasteiger partial charge is 0.299 e. The van der Waals surface area contributed by atoms with Crippen LogP contribution in [0.1, 0.15) is 25.3 Å². The van der Waals surface area contributed by atoms with Gasteiger partial charge in [0.1, 0.15) is 12.2 Å². The van der Waals surface area contributed by atoms with Gasteiger partial charge >= 0.3 is 0 Å². The molecule has 1 aromatic carbocycles. The third-order valence-electron chi connectivity index (χ3n) is 4.56. The molecule has 0 radical (unpaired) electrons. The molecular formula is C21H22N3+. The standard InChI is InChI=1S/C21H22N3/c1-3-4-12-23-15-18-20(24-13-6-5-7-21(24)22-18)14-19(23)17-10-8-16(2)9-11-17/h5-11,13-15H,3-4,12H2,1-2H3/q+1. The normalized spacial score (nSPS) is 11.4. The number of pyridine rings is 2. The van der Waals surface area contributed by atoms with Gasteiger partial charge in [0.05, 0.1) is 5.52 Å². The van der Waals surface area contributed by atoms with Crippen LogP contribution in [0.15, 0.2) is 60.9 Å². The number of rotatable bonds is 4. The van der Waals surface area contributed by atoms with Gasteiger partial charge in [-0.25, -0.2) is 4.98 Å². The molecule has 0 unspecified atom stereocenters. The highest BCUT2D eigenvalue weighted by molar-refractivity contribution is 5.81. The summed E-state index contributed by atoms with van der Waals surface area (Å²) in [6, 6.07) is 17.2. The Morgan fingerprint density at radius 3 is 2.71 bits per heavy atom. The maximum atomic E-state index is 4.77. The van der Waals surface area contributed by atoms with Crippen molar-refractivity contribution in [2.45, 2.75) is 33.2 Å². The van der Waals surface area contributed by atoms with Gasteiger partial charge in [0, 0.05) is 24.2 Å². The Morgan fingerprint density at radius 2 is 1.92 bits per heavy atom. The third kappa shape index (κ3) is 2.56. The molecule has 3 heteroatoms. The topological polar surface area (TPSA) is 21.2 Å². The van der Waals surface area contributed by atoms with E-state index in [0.717, 1.165) is 23.2 Å². The van der Waals surface area contributed by atoms with Crippen molar-refractivity contribution >= 4 is 16.7 Å². The van der Waals surface area contributed by atoms with Gasteiger partial charge in [-0.15, -0.1) is 0 Å². The first-order chi connectivity index (χ1) is 11.8. The molecule has 4 aromatic rings. The predicted molar refractivity (Wildman–Crippen MR) is 98.0 cm³/mol. The number of aryl methyl sites for hydroxylation is 2. The summed E-state index contributed by atoms with van der Waals surface area (Å²) in [4.78, 5) is 4.77. The van der Waals surface area contributed by atoms with Crippen LogP contribution in [0.5, 0.6) is 0 Å². The van der Waals surface area contributed by atoms with Gasteiger partial charge in [-0.1, -0.05) is 37.1 Å². The summed E-state index contributed by atoms with van der Waals surface area (Å²) in [5, 5.41) is 0. The van der Waals surface area contributed by atoms with E-state index < -0.39 is 0 Å². The minimum atomic E-state index is 0.996. The SMILES string of the molecule is CCCC[n+]1cc2nc3ccccn3c2cc1-c1ccc(C)cc1. The van der Waals surface area contributed by atoms with Crippen LogP contribution in [0, 0.1) is 6.92 Å². The van der Waals surface area contributed by atoms with E-state index >= 15 is 0 Å². The van der Waals surface area contributed by atoms with Crippen molar-refractivity contribution in [2.24, 2.45) is 0 Å². The van der Waals surface area contributed by atoms with E-state index in [0.29, 0.717) is 0 Å². The van der Waals surface area contributed by atoms with Crippen molar-refractivity contribution in [1.82, 2.24) is 9.38 Å². The van der Waals surface area contributed by atoms with Crippen molar-refractivity contribution in [3.05, 3.63) is 66.5 Å². The number of hydrogen-bond acceptors (Lipinski definition) is 1. The second kappa shape index (κ2) is 6.08. The van der Waals surface area contributed by atoms with Gasteiger partial charge in [-0.05, 0) is 31.2 Å². The van der Waals surface area contributed by atoms with Crippen LogP contribution in [0.3, 0.4) is 0 Å². The molecule has 24 heavy (non-hydrogen) atoms. The van der Waals surface area contributed by atoms with E-state index in [1.807, 2.05) is 6.07 Å². The molecule has 0 aliphatic rings. The van der Waals surface area contributed by atoms with Crippen molar-refractivity contribution in [2.75, 3.05) is 0 Å². The highest BCUT2D eigenvalue weighted by Crippen LogP contribution is 2.22. The summed E-state index contributed by atoms with van der Waals surface area (Å²) in [6.07, 6.45) is 6.64. The fraction of sp³-hybridized carbons (Fsp3) is 0.238. The maximum absolute atomic E-state index is 4.77. The van der Waals surface area contributed by atoms with E-state index in [-0.39, 0.29) is 0 Å². The zero-order chi connectivity index (χ0) is 16.5. The smallest absolute Gasteiger partial charge is 0.214 e. The van der Waals surface area contributed by atoms with Crippen molar-refractivity contribution in [3.63, 3.8) is 0 Å². The summed E-state index contributed by atoms with van der Waals surface area (Å²) in [7, 11) is 0. The quantitative estimate of drug-likeness (QED) is 0.506. The monoisotopic (exact) mass is 316 g/mol. The first-order valence-corrected chi connectivity index (χ1v) is 8.63. The van der Waals surface area contributed by atoms with Crippen LogP contribution in [0.25, 0.3) is 27.9 Å². The average Bonchev–Trinajstić information content (AvgIpc) is 2.97. The van der Waals surface area contributed by atoms with E-state index in [2.05, 4.69) is 77.7 Å². The Labute approximate surface area is 142 Å². The lowest BCUT2D eigenvalue weighted by atomic mass is 10.1. The van der Waals surface area contributed by atoms with Gasteiger partial charge in [0.25, 0.3) is 0 Å².